The van der Waals surface area contributed by atoms with Crippen molar-refractivity contribution in [1.29, 1.82) is 0 Å². The molecule has 16 heavy (non-hydrogen) atoms. The molecule has 0 aromatic heterocycles. The maximum absolute atomic E-state index is 11.2. The van der Waals surface area contributed by atoms with Crippen LogP contribution in [0.4, 0.5) is 4.79 Å². The third-order valence-corrected chi connectivity index (χ3v) is 3.66. The van der Waals surface area contributed by atoms with E-state index in [1.807, 2.05) is 0 Å². The van der Waals surface area contributed by atoms with Crippen molar-refractivity contribution in [3.63, 3.8) is 0 Å². The summed E-state index contributed by atoms with van der Waals surface area (Å²) in [4.78, 5) is 11.2. The molecular weight excluding hydrogens is 204 g/mol. The van der Waals surface area contributed by atoms with Crippen LogP contribution in [0, 0.1) is 0 Å². The molecule has 0 bridgehead atoms. The van der Waals surface area contributed by atoms with Gasteiger partial charge in [0.15, 0.2) is 0 Å². The number of rotatable bonds is 1. The van der Waals surface area contributed by atoms with E-state index in [1.54, 1.807) is 5.57 Å². The number of amides is 1. The molecule has 0 saturated carbocycles. The van der Waals surface area contributed by atoms with Crippen LogP contribution < -0.4 is 11.1 Å². The monoisotopic (exact) mass is 224 g/mol. The summed E-state index contributed by atoms with van der Waals surface area (Å²) in [5.74, 6) is 0. The lowest BCUT2D eigenvalue weighted by Gasteiger charge is -2.34. The Morgan fingerprint density at radius 1 is 1.31 bits per heavy atom. The number of hydrogen-bond donors (Lipinski definition) is 2. The Labute approximate surface area is 96.2 Å². The molecule has 90 valence electrons. The van der Waals surface area contributed by atoms with E-state index in [4.69, 9.17) is 5.73 Å². The second-order valence-electron chi connectivity index (χ2n) is 4.73. The Balaban J connectivity index is 2.02. The number of alkyl carbamates (subject to hydrolysis) is 1. The summed E-state index contributed by atoms with van der Waals surface area (Å²) in [6, 6.07) is 0.0836. The summed E-state index contributed by atoms with van der Waals surface area (Å²) in [6.45, 7) is 0. The quantitative estimate of drug-likeness (QED) is 0.666. The second-order valence-corrected chi connectivity index (χ2v) is 4.73. The van der Waals surface area contributed by atoms with E-state index in [1.165, 1.54) is 38.4 Å². The molecule has 3 N–H and O–H groups in total. The van der Waals surface area contributed by atoms with Gasteiger partial charge in [-0.05, 0) is 38.5 Å². The Kier molecular flexibility index (Phi) is 3.49. The van der Waals surface area contributed by atoms with Gasteiger partial charge in [0.1, 0.15) is 0 Å². The van der Waals surface area contributed by atoms with Crippen molar-refractivity contribution in [3.8, 4) is 0 Å². The highest BCUT2D eigenvalue weighted by molar-refractivity contribution is 5.67. The highest BCUT2D eigenvalue weighted by Crippen LogP contribution is 2.35. The van der Waals surface area contributed by atoms with Crippen molar-refractivity contribution in [2.45, 2.75) is 50.6 Å². The molecule has 4 heteroatoms. The van der Waals surface area contributed by atoms with Crippen molar-refractivity contribution in [2.24, 2.45) is 5.73 Å². The van der Waals surface area contributed by atoms with Crippen LogP contribution in [0.5, 0.6) is 0 Å². The number of carbonyl (C=O) groups is 1. The molecule has 2 atom stereocenters. The normalized spacial score (nSPS) is 29.6. The van der Waals surface area contributed by atoms with Gasteiger partial charge >= 0.3 is 6.09 Å². The molecule has 4 nitrogen and oxygen atoms in total. The first-order valence-electron chi connectivity index (χ1n) is 6.00. The van der Waals surface area contributed by atoms with Gasteiger partial charge in [-0.3, -0.25) is 0 Å². The highest BCUT2D eigenvalue weighted by atomic mass is 16.5. The SMILES string of the molecule is COC(=O)N[C@H]1CC2=C(CCCC2)C[C@@H]1N. The highest BCUT2D eigenvalue weighted by Gasteiger charge is 2.29. The maximum Gasteiger partial charge on any atom is 0.407 e. The molecule has 2 aliphatic rings. The zero-order valence-corrected chi connectivity index (χ0v) is 9.79. The summed E-state index contributed by atoms with van der Waals surface area (Å²) in [6.07, 6.45) is 6.42. The van der Waals surface area contributed by atoms with Crippen LogP contribution in [0.15, 0.2) is 11.1 Å². The van der Waals surface area contributed by atoms with Gasteiger partial charge in [-0.2, -0.15) is 0 Å². The van der Waals surface area contributed by atoms with Crippen molar-refractivity contribution in [3.05, 3.63) is 11.1 Å². The van der Waals surface area contributed by atoms with Gasteiger partial charge in [0.05, 0.1) is 13.2 Å². The van der Waals surface area contributed by atoms with Crippen LogP contribution in [0.3, 0.4) is 0 Å². The van der Waals surface area contributed by atoms with E-state index in [0.29, 0.717) is 0 Å². The van der Waals surface area contributed by atoms with E-state index in [-0.39, 0.29) is 18.2 Å². The maximum atomic E-state index is 11.2. The zero-order valence-electron chi connectivity index (χ0n) is 9.79. The lowest BCUT2D eigenvalue weighted by atomic mass is 9.78. The number of nitrogens with two attached hydrogens (primary N) is 1. The predicted octanol–water partition coefficient (Wildman–Crippen LogP) is 1.70. The predicted molar refractivity (Wildman–Crippen MR) is 62.0 cm³/mol. The molecule has 1 amide bonds. The van der Waals surface area contributed by atoms with Crippen LogP contribution in [0.25, 0.3) is 0 Å². The van der Waals surface area contributed by atoms with Crippen LogP contribution >= 0.6 is 0 Å². The third kappa shape index (κ3) is 2.38. The molecule has 0 heterocycles. The van der Waals surface area contributed by atoms with Crippen molar-refractivity contribution in [2.75, 3.05) is 7.11 Å². The number of methoxy groups -OCH3 is 1. The van der Waals surface area contributed by atoms with Crippen LogP contribution in [-0.4, -0.2) is 25.3 Å². The van der Waals surface area contributed by atoms with Gasteiger partial charge in [0.2, 0.25) is 0 Å². The first-order valence-corrected chi connectivity index (χ1v) is 6.00. The van der Waals surface area contributed by atoms with E-state index >= 15 is 0 Å². The summed E-state index contributed by atoms with van der Waals surface area (Å²) >= 11 is 0. The van der Waals surface area contributed by atoms with E-state index < -0.39 is 0 Å². The fraction of sp³-hybridized carbons (Fsp3) is 0.750. The molecule has 0 fully saturated rings. The van der Waals surface area contributed by atoms with Crippen LogP contribution in [0.1, 0.15) is 38.5 Å². The number of hydrogen-bond acceptors (Lipinski definition) is 3. The molecule has 0 aromatic carbocycles. The molecular formula is C12H20N2O2. The number of nitrogens with one attached hydrogen (secondary N) is 1. The Morgan fingerprint density at radius 3 is 2.56 bits per heavy atom. The number of carbonyl (C=O) groups excluding carboxylic acids is 1. The van der Waals surface area contributed by atoms with Crippen LogP contribution in [-0.2, 0) is 4.74 Å². The molecule has 0 unspecified atom stereocenters. The second kappa shape index (κ2) is 4.87. The van der Waals surface area contributed by atoms with Gasteiger partial charge in [0.25, 0.3) is 0 Å². The third-order valence-electron chi connectivity index (χ3n) is 3.66. The van der Waals surface area contributed by atoms with Gasteiger partial charge in [-0.1, -0.05) is 11.1 Å². The van der Waals surface area contributed by atoms with Crippen molar-refractivity contribution < 1.29 is 9.53 Å². The van der Waals surface area contributed by atoms with Gasteiger partial charge in [-0.25, -0.2) is 4.79 Å². The first-order chi connectivity index (χ1) is 7.70. The largest absolute Gasteiger partial charge is 0.453 e. The average Bonchev–Trinajstić information content (AvgIpc) is 2.30. The molecule has 2 rings (SSSR count). The van der Waals surface area contributed by atoms with E-state index in [0.717, 1.165) is 12.8 Å². The standard InChI is InChI=1S/C12H20N2O2/c1-16-12(15)14-11-7-9-5-3-2-4-8(9)6-10(11)13/h10-11H,2-7,13H2,1H3,(H,14,15)/t10-,11-/m0/s1. The Hall–Kier alpha value is -1.03. The fourth-order valence-corrected chi connectivity index (χ4v) is 2.74. The molecule has 0 aliphatic heterocycles. The molecule has 0 aromatic rings. The number of ether oxygens (including phenoxy) is 1. The Morgan fingerprint density at radius 2 is 1.94 bits per heavy atom. The molecule has 0 spiro atoms. The smallest absolute Gasteiger partial charge is 0.407 e. The average molecular weight is 224 g/mol. The van der Waals surface area contributed by atoms with Crippen molar-refractivity contribution >= 4 is 6.09 Å². The molecule has 0 saturated heterocycles. The summed E-state index contributed by atoms with van der Waals surface area (Å²) in [5.41, 5.74) is 9.15. The minimum atomic E-state index is -0.375. The zero-order chi connectivity index (χ0) is 11.5. The molecule has 0 radical (unpaired) electrons. The van der Waals surface area contributed by atoms with Gasteiger partial charge in [-0.15, -0.1) is 0 Å². The minimum absolute atomic E-state index is 0.0379. The summed E-state index contributed by atoms with van der Waals surface area (Å²) in [5, 5.41) is 2.83. The van der Waals surface area contributed by atoms with Gasteiger partial charge < -0.3 is 15.8 Å². The Bertz CT molecular complexity index is 312. The lowest BCUT2D eigenvalue weighted by molar-refractivity contribution is 0.163. The van der Waals surface area contributed by atoms with E-state index in [2.05, 4.69) is 10.1 Å². The van der Waals surface area contributed by atoms with Gasteiger partial charge in [0, 0.05) is 6.04 Å². The summed E-state index contributed by atoms with van der Waals surface area (Å²) in [7, 11) is 1.38. The van der Waals surface area contributed by atoms with E-state index in [9.17, 15) is 4.79 Å². The lowest BCUT2D eigenvalue weighted by Crippen LogP contribution is -2.50. The summed E-state index contributed by atoms with van der Waals surface area (Å²) < 4.78 is 4.62. The molecule has 2 aliphatic carbocycles. The van der Waals surface area contributed by atoms with Crippen LogP contribution in [0.2, 0.25) is 0 Å². The van der Waals surface area contributed by atoms with Crippen molar-refractivity contribution in [1.82, 2.24) is 5.32 Å². The minimum Gasteiger partial charge on any atom is -0.453 e. The fourth-order valence-electron chi connectivity index (χ4n) is 2.74. The first kappa shape index (κ1) is 11.5. The topological polar surface area (TPSA) is 64.3 Å².